The number of benzene rings is 2. The fourth-order valence-electron chi connectivity index (χ4n) is 2.84. The Kier molecular flexibility index (Phi) is 3.28. The number of aromatic nitrogens is 1. The number of thiazole rings is 1. The standard InChI is InChI=1S/C18H15N3O2S/c1-10-6-7-13(22)12(8-10)21-9-14(23)16(17(21)19)18-20-11-4-2-3-5-15(11)24-18/h2-8,19,22-23H,9H2,1H3. The molecule has 0 bridgehead atoms. The molecule has 120 valence electrons. The SMILES string of the molecule is Cc1ccc(O)c(N2CC(O)=C(c3nc4ccccc4s3)C2=N)c1. The lowest BCUT2D eigenvalue weighted by atomic mass is 10.2. The van der Waals surface area contributed by atoms with Crippen molar-refractivity contribution in [3.63, 3.8) is 0 Å². The summed E-state index contributed by atoms with van der Waals surface area (Å²) in [5, 5.41) is 29.6. The maximum Gasteiger partial charge on any atom is 0.139 e. The zero-order chi connectivity index (χ0) is 16.8. The minimum absolute atomic E-state index is 0.0868. The third-order valence-corrected chi connectivity index (χ3v) is 5.09. The molecule has 0 atom stereocenters. The van der Waals surface area contributed by atoms with Gasteiger partial charge in [0, 0.05) is 0 Å². The molecule has 0 aliphatic carbocycles. The van der Waals surface area contributed by atoms with Crippen molar-refractivity contribution in [2.45, 2.75) is 6.92 Å². The lowest BCUT2D eigenvalue weighted by Crippen LogP contribution is -2.26. The Morgan fingerprint density at radius 1 is 1.17 bits per heavy atom. The van der Waals surface area contributed by atoms with Crippen LogP contribution in [-0.4, -0.2) is 27.6 Å². The topological polar surface area (TPSA) is 80.4 Å². The first-order valence-electron chi connectivity index (χ1n) is 7.49. The van der Waals surface area contributed by atoms with Crippen LogP contribution in [0.1, 0.15) is 10.6 Å². The molecule has 3 aromatic rings. The van der Waals surface area contributed by atoms with E-state index >= 15 is 0 Å². The Balaban J connectivity index is 1.76. The van der Waals surface area contributed by atoms with Gasteiger partial charge in [0.2, 0.25) is 0 Å². The number of phenols is 1. The number of aromatic hydroxyl groups is 1. The van der Waals surface area contributed by atoms with E-state index in [1.54, 1.807) is 23.1 Å². The number of hydrogen-bond donors (Lipinski definition) is 3. The van der Waals surface area contributed by atoms with Crippen LogP contribution < -0.4 is 4.90 Å². The number of fused-ring (bicyclic) bond motifs is 1. The first-order valence-corrected chi connectivity index (χ1v) is 8.30. The highest BCUT2D eigenvalue weighted by Gasteiger charge is 2.32. The summed E-state index contributed by atoms with van der Waals surface area (Å²) in [7, 11) is 0. The number of aliphatic hydroxyl groups excluding tert-OH is 1. The van der Waals surface area contributed by atoms with E-state index in [2.05, 4.69) is 4.98 Å². The van der Waals surface area contributed by atoms with E-state index in [1.807, 2.05) is 31.2 Å². The lowest BCUT2D eigenvalue weighted by Gasteiger charge is -2.20. The molecule has 1 aromatic heterocycles. The summed E-state index contributed by atoms with van der Waals surface area (Å²) in [6.45, 7) is 2.07. The van der Waals surface area contributed by atoms with E-state index in [9.17, 15) is 10.2 Å². The van der Waals surface area contributed by atoms with Crippen molar-refractivity contribution in [1.82, 2.24) is 4.98 Å². The van der Waals surface area contributed by atoms with Crippen LogP contribution in [0.4, 0.5) is 5.69 Å². The number of aryl methyl sites for hydroxylation is 1. The number of anilines is 1. The fraction of sp³-hybridized carbons (Fsp3) is 0.111. The van der Waals surface area contributed by atoms with E-state index in [0.717, 1.165) is 15.8 Å². The summed E-state index contributed by atoms with van der Waals surface area (Å²) in [6.07, 6.45) is 0. The minimum atomic E-state index is 0.0868. The summed E-state index contributed by atoms with van der Waals surface area (Å²) in [4.78, 5) is 6.13. The summed E-state index contributed by atoms with van der Waals surface area (Å²) >= 11 is 1.45. The molecular formula is C18H15N3O2S. The maximum absolute atomic E-state index is 10.4. The van der Waals surface area contributed by atoms with Gasteiger partial charge in [-0.2, -0.15) is 0 Å². The van der Waals surface area contributed by atoms with E-state index < -0.39 is 0 Å². The molecule has 0 radical (unpaired) electrons. The van der Waals surface area contributed by atoms with Gasteiger partial charge in [0.1, 0.15) is 22.4 Å². The second-order valence-electron chi connectivity index (χ2n) is 5.74. The van der Waals surface area contributed by atoms with Crippen molar-refractivity contribution in [2.75, 3.05) is 11.4 Å². The molecule has 1 aliphatic heterocycles. The molecule has 4 rings (SSSR count). The highest BCUT2D eigenvalue weighted by atomic mass is 32.1. The highest BCUT2D eigenvalue weighted by molar-refractivity contribution is 7.19. The largest absolute Gasteiger partial charge is 0.510 e. The Bertz CT molecular complexity index is 973. The Morgan fingerprint density at radius 3 is 2.75 bits per heavy atom. The smallest absolute Gasteiger partial charge is 0.139 e. The molecule has 2 heterocycles. The summed E-state index contributed by atoms with van der Waals surface area (Å²) < 4.78 is 1.01. The zero-order valence-corrected chi connectivity index (χ0v) is 13.8. The number of amidine groups is 1. The van der Waals surface area contributed by atoms with Crippen molar-refractivity contribution in [3.05, 3.63) is 58.8 Å². The van der Waals surface area contributed by atoms with Crippen molar-refractivity contribution in [2.24, 2.45) is 0 Å². The Morgan fingerprint density at radius 2 is 1.96 bits per heavy atom. The van der Waals surface area contributed by atoms with Gasteiger partial charge < -0.3 is 15.1 Å². The molecule has 0 fully saturated rings. The molecule has 2 aromatic carbocycles. The molecule has 1 aliphatic rings. The summed E-state index contributed by atoms with van der Waals surface area (Å²) in [6, 6.07) is 12.9. The van der Waals surface area contributed by atoms with E-state index in [0.29, 0.717) is 16.3 Å². The fourth-order valence-corrected chi connectivity index (χ4v) is 3.87. The molecular weight excluding hydrogens is 322 g/mol. The van der Waals surface area contributed by atoms with E-state index in [-0.39, 0.29) is 23.9 Å². The monoisotopic (exact) mass is 337 g/mol. The number of hydrogen-bond acceptors (Lipinski definition) is 5. The number of para-hydroxylation sites is 1. The van der Waals surface area contributed by atoms with Crippen molar-refractivity contribution in [3.8, 4) is 5.75 Å². The average molecular weight is 337 g/mol. The first-order chi connectivity index (χ1) is 11.5. The van der Waals surface area contributed by atoms with Gasteiger partial charge in [-0.15, -0.1) is 11.3 Å². The molecule has 3 N–H and O–H groups in total. The van der Waals surface area contributed by atoms with E-state index in [4.69, 9.17) is 5.41 Å². The molecule has 0 spiro atoms. The van der Waals surface area contributed by atoms with Gasteiger partial charge in [-0.05, 0) is 36.8 Å². The average Bonchev–Trinajstić information content (AvgIpc) is 3.10. The number of aliphatic hydroxyl groups is 1. The van der Waals surface area contributed by atoms with Gasteiger partial charge >= 0.3 is 0 Å². The van der Waals surface area contributed by atoms with Crippen LogP contribution in [0.3, 0.4) is 0 Å². The van der Waals surface area contributed by atoms with Gasteiger partial charge in [0.15, 0.2) is 0 Å². The molecule has 0 amide bonds. The third-order valence-electron chi connectivity index (χ3n) is 4.03. The van der Waals surface area contributed by atoms with E-state index in [1.165, 1.54) is 11.3 Å². The van der Waals surface area contributed by atoms with Crippen LogP contribution in [0, 0.1) is 12.3 Å². The predicted octanol–water partition coefficient (Wildman–Crippen LogP) is 4.08. The van der Waals surface area contributed by atoms with Crippen LogP contribution in [0.15, 0.2) is 48.2 Å². The summed E-state index contributed by atoms with van der Waals surface area (Å²) in [5.41, 5.74) is 2.77. The Labute approximate surface area is 142 Å². The zero-order valence-electron chi connectivity index (χ0n) is 12.9. The van der Waals surface area contributed by atoms with Crippen molar-refractivity contribution in [1.29, 1.82) is 5.41 Å². The molecule has 6 heteroatoms. The van der Waals surface area contributed by atoms with Crippen LogP contribution >= 0.6 is 11.3 Å². The molecule has 0 saturated carbocycles. The van der Waals surface area contributed by atoms with Gasteiger partial charge in [0.25, 0.3) is 0 Å². The Hall–Kier alpha value is -2.86. The quantitative estimate of drug-likeness (QED) is 0.658. The summed E-state index contributed by atoms with van der Waals surface area (Å²) in [5.74, 6) is 0.330. The number of nitrogens with zero attached hydrogens (tertiary/aromatic N) is 2. The molecule has 5 nitrogen and oxygen atoms in total. The van der Waals surface area contributed by atoms with Gasteiger partial charge in [-0.1, -0.05) is 18.2 Å². The molecule has 24 heavy (non-hydrogen) atoms. The van der Waals surface area contributed by atoms with Crippen LogP contribution in [-0.2, 0) is 0 Å². The maximum atomic E-state index is 10.4. The second kappa shape index (κ2) is 5.35. The van der Waals surface area contributed by atoms with Crippen molar-refractivity contribution >= 4 is 38.6 Å². The van der Waals surface area contributed by atoms with Crippen LogP contribution in [0.5, 0.6) is 5.75 Å². The third kappa shape index (κ3) is 2.23. The normalized spacial score (nSPS) is 14.9. The van der Waals surface area contributed by atoms with Crippen LogP contribution in [0.2, 0.25) is 0 Å². The minimum Gasteiger partial charge on any atom is -0.510 e. The first kappa shape index (κ1) is 14.7. The number of phenolic OH excluding ortho intramolecular Hbond substituents is 1. The second-order valence-corrected chi connectivity index (χ2v) is 6.77. The lowest BCUT2D eigenvalue weighted by molar-refractivity contribution is 0.411. The highest BCUT2D eigenvalue weighted by Crippen LogP contribution is 2.38. The van der Waals surface area contributed by atoms with Gasteiger partial charge in [-0.25, -0.2) is 4.98 Å². The van der Waals surface area contributed by atoms with Crippen LogP contribution in [0.25, 0.3) is 15.8 Å². The van der Waals surface area contributed by atoms with Crippen molar-refractivity contribution < 1.29 is 10.2 Å². The predicted molar refractivity (Wildman–Crippen MR) is 97.1 cm³/mol. The molecule has 0 saturated heterocycles. The number of rotatable bonds is 2. The van der Waals surface area contributed by atoms with Gasteiger partial charge in [-0.3, -0.25) is 5.41 Å². The number of nitrogens with one attached hydrogen (secondary N) is 1. The van der Waals surface area contributed by atoms with Gasteiger partial charge in [0.05, 0.1) is 28.0 Å². The molecule has 0 unspecified atom stereocenters.